The van der Waals surface area contributed by atoms with Crippen LogP contribution in [0.3, 0.4) is 0 Å². The van der Waals surface area contributed by atoms with Crippen LogP contribution < -0.4 is 0 Å². The van der Waals surface area contributed by atoms with Crippen LogP contribution in [0.15, 0.2) is 0 Å². The van der Waals surface area contributed by atoms with Gasteiger partial charge in [-0.1, -0.05) is 0 Å². The topological polar surface area (TPSA) is 80.1 Å². The van der Waals surface area contributed by atoms with Crippen LogP contribution in [0, 0.1) is 0 Å². The van der Waals surface area contributed by atoms with Crippen LogP contribution in [0.5, 0.6) is 0 Å². The Hall–Kier alpha value is 1.47. The summed E-state index contributed by atoms with van der Waals surface area (Å²) in [6.07, 6.45) is 0. The summed E-state index contributed by atoms with van der Waals surface area (Å²) in [5, 5.41) is 0. The molecule has 0 aromatic rings. The summed E-state index contributed by atoms with van der Waals surface area (Å²) in [5.41, 5.74) is 0. The van der Waals surface area contributed by atoms with Crippen LogP contribution in [0.1, 0.15) is 0 Å². The third kappa shape index (κ3) is 50.5. The van der Waals surface area contributed by atoms with Gasteiger partial charge in [-0.2, -0.15) is 0 Å². The predicted octanol–water partition coefficient (Wildman–Crippen LogP) is -2.53. The Morgan fingerprint density at radius 3 is 1.00 bits per heavy atom. The van der Waals surface area contributed by atoms with Gasteiger partial charge in [-0.15, -0.1) is 0 Å². The first-order valence-corrected chi connectivity index (χ1v) is 0.707. The van der Waals surface area contributed by atoms with E-state index in [0.717, 1.165) is 0 Å². The van der Waals surface area contributed by atoms with Gasteiger partial charge in [0, 0.05) is 38.4 Å². The van der Waals surface area contributed by atoms with Crippen molar-refractivity contribution in [2.75, 3.05) is 0 Å². The van der Waals surface area contributed by atoms with Crippen molar-refractivity contribution in [3.63, 3.8) is 0 Å². The molecule has 0 saturated carbocycles. The molecule has 0 amide bonds. The predicted molar refractivity (Wildman–Crippen MR) is 19.4 cm³/mol. The Bertz CT molecular complexity index is 8.75. The van der Waals surface area contributed by atoms with Crippen molar-refractivity contribution in [1.82, 2.24) is 0 Å². The van der Waals surface area contributed by atoms with Gasteiger partial charge in [-0.3, -0.25) is 0 Å². The van der Waals surface area contributed by atoms with Gasteiger partial charge in [0.25, 0.3) is 0 Å². The maximum Gasteiger partial charge on any atom is 0 e. The summed E-state index contributed by atoms with van der Waals surface area (Å²) >= 11 is 1.17. The molecule has 0 bridgehead atoms. The van der Waals surface area contributed by atoms with Gasteiger partial charge < -0.3 is 11.0 Å². The van der Waals surface area contributed by atoms with Crippen molar-refractivity contribution in [2.24, 2.45) is 0 Å². The van der Waals surface area contributed by atoms with Crippen molar-refractivity contribution < 1.29 is 35.8 Å². The second-order valence-corrected chi connectivity index (χ2v) is 0. The fraction of sp³-hybridized carbons (Fsp3) is 0. The molecule has 0 rings (SSSR count). The smallest absolute Gasteiger partial charge is 0 e. The molecule has 38 valence electrons. The van der Waals surface area contributed by atoms with E-state index in [1.807, 2.05) is 0 Å². The van der Waals surface area contributed by atoms with Gasteiger partial charge in [0.15, 0.2) is 0 Å². The molecule has 0 aliphatic heterocycles. The van der Waals surface area contributed by atoms with Gasteiger partial charge in [0.2, 0.25) is 0 Å². The Balaban J connectivity index is -0.000000000833. The van der Waals surface area contributed by atoms with E-state index in [1.165, 1.54) is 16.2 Å². The van der Waals surface area contributed by atoms with Gasteiger partial charge in [0.05, 0.1) is 0 Å². The molecule has 0 saturated heterocycles. The SMILES string of the molecule is O.O.[Al].[O]=[Al].[Pt]. The molecule has 0 atom stereocenters. The maximum atomic E-state index is 8.17. The van der Waals surface area contributed by atoms with E-state index in [2.05, 4.69) is 0 Å². The molecule has 6 heteroatoms. The number of hydrogen-bond acceptors (Lipinski definition) is 1. The summed E-state index contributed by atoms with van der Waals surface area (Å²) in [6.45, 7) is 0. The summed E-state index contributed by atoms with van der Waals surface area (Å²) in [6, 6.07) is 0. The molecule has 0 aliphatic carbocycles. The molecule has 3 nitrogen and oxygen atoms in total. The first-order valence-electron chi connectivity index (χ1n) is 0.236. The maximum absolute atomic E-state index is 8.17. The van der Waals surface area contributed by atoms with Gasteiger partial charge >= 0.3 is 20.0 Å². The summed E-state index contributed by atoms with van der Waals surface area (Å²) in [4.78, 5) is 0. The molecule has 0 aliphatic rings. The minimum absolute atomic E-state index is 0. The van der Waals surface area contributed by atoms with Crippen molar-refractivity contribution in [3.8, 4) is 0 Å². The van der Waals surface area contributed by atoms with Crippen LogP contribution in [-0.2, 0) is 24.9 Å². The molecular formula is H4Al2O3Pt. The first-order chi connectivity index (χ1) is 1.00. The van der Waals surface area contributed by atoms with Crippen molar-refractivity contribution in [2.45, 2.75) is 0 Å². The zero-order chi connectivity index (χ0) is 2.00. The van der Waals surface area contributed by atoms with Gasteiger partial charge in [-0.05, 0) is 0 Å². The fourth-order valence-electron chi connectivity index (χ4n) is 0. The van der Waals surface area contributed by atoms with Crippen LogP contribution in [-0.4, -0.2) is 44.5 Å². The molecule has 6 heavy (non-hydrogen) atoms. The molecule has 4 N–H and O–H groups in total. The monoisotopic (exact) mass is 301 g/mol. The molecule has 0 heterocycles. The second kappa shape index (κ2) is 89.3. The van der Waals surface area contributed by atoms with E-state index >= 15 is 0 Å². The molecule has 4 radical (unpaired) electrons. The third-order valence-corrected chi connectivity index (χ3v) is 0. The van der Waals surface area contributed by atoms with Gasteiger partial charge in [0.1, 0.15) is 0 Å². The van der Waals surface area contributed by atoms with Crippen molar-refractivity contribution >= 4 is 33.6 Å². The van der Waals surface area contributed by atoms with Gasteiger partial charge in [-0.25, -0.2) is 0 Å². The molecular weight excluding hydrogens is 297 g/mol. The second-order valence-electron chi connectivity index (χ2n) is 0. The largest absolute Gasteiger partial charge is 0 e. The average Bonchev–Trinajstić information content (AvgIpc) is 1.00. The Kier molecular flexibility index (Phi) is 762. The molecule has 0 aromatic heterocycles. The normalized spacial score (nSPS) is 0.500. The minimum atomic E-state index is 0. The standard InChI is InChI=1S/2Al.2H2O.O.Pt/h;;2*1H2;;. The molecule has 0 unspecified atom stereocenters. The molecule has 0 aromatic carbocycles. The van der Waals surface area contributed by atoms with Crippen LogP contribution in [0.4, 0.5) is 0 Å². The number of rotatable bonds is 0. The quantitative estimate of drug-likeness (QED) is 0.454. The van der Waals surface area contributed by atoms with E-state index in [0.29, 0.717) is 0 Å². The minimum Gasteiger partial charge on any atom is 0 e. The van der Waals surface area contributed by atoms with Crippen molar-refractivity contribution in [1.29, 1.82) is 0 Å². The Morgan fingerprint density at radius 1 is 1.00 bits per heavy atom. The first kappa shape index (κ1) is 51.2. The summed E-state index contributed by atoms with van der Waals surface area (Å²) < 4.78 is 8.17. The Labute approximate surface area is 69.1 Å². The summed E-state index contributed by atoms with van der Waals surface area (Å²) in [7, 11) is 0. The van der Waals surface area contributed by atoms with Crippen LogP contribution in [0.25, 0.3) is 0 Å². The zero-order valence-electron chi connectivity index (χ0n) is 2.88. The van der Waals surface area contributed by atoms with E-state index in [-0.39, 0.29) is 49.4 Å². The number of hydrogen-bond donors (Lipinski definition) is 0. The van der Waals surface area contributed by atoms with Crippen LogP contribution in [0.2, 0.25) is 0 Å². The Morgan fingerprint density at radius 2 is 1.00 bits per heavy atom. The fourth-order valence-corrected chi connectivity index (χ4v) is 0. The van der Waals surface area contributed by atoms with E-state index in [4.69, 9.17) is 3.80 Å². The van der Waals surface area contributed by atoms with E-state index in [1.54, 1.807) is 0 Å². The van der Waals surface area contributed by atoms with E-state index < -0.39 is 0 Å². The molecule has 0 spiro atoms. The summed E-state index contributed by atoms with van der Waals surface area (Å²) in [5.74, 6) is 0. The van der Waals surface area contributed by atoms with E-state index in [9.17, 15) is 0 Å². The van der Waals surface area contributed by atoms with Crippen LogP contribution >= 0.6 is 0 Å². The average molecular weight is 301 g/mol. The third-order valence-electron chi connectivity index (χ3n) is 0. The zero-order valence-corrected chi connectivity index (χ0v) is 7.46. The molecule has 0 fully saturated rings. The van der Waals surface area contributed by atoms with Crippen molar-refractivity contribution in [3.05, 3.63) is 0 Å².